The molecule has 0 saturated carbocycles. The number of fused-ring (bicyclic) bond motifs is 4. The minimum atomic E-state index is -0.0953. The minimum absolute atomic E-state index is 0.0442. The van der Waals surface area contributed by atoms with Gasteiger partial charge in [-0.3, -0.25) is 9.59 Å². The van der Waals surface area contributed by atoms with Crippen LogP contribution in [0.15, 0.2) is 29.1 Å². The van der Waals surface area contributed by atoms with Gasteiger partial charge in [-0.15, -0.1) is 11.3 Å². The molecule has 3 aliphatic heterocycles. The number of carbonyl (C=O) groups excluding carboxylic acids is 2. The van der Waals surface area contributed by atoms with E-state index in [1.165, 1.54) is 0 Å². The van der Waals surface area contributed by atoms with Crippen molar-refractivity contribution in [3.05, 3.63) is 51.5 Å². The zero-order valence-electron chi connectivity index (χ0n) is 15.1. The fourth-order valence-corrected chi connectivity index (χ4v) is 4.68. The van der Waals surface area contributed by atoms with Gasteiger partial charge in [0.05, 0.1) is 23.7 Å². The maximum Gasteiger partial charge on any atom is 0.254 e. The number of piperidine rings is 1. The molecule has 2 amide bonds. The molecule has 0 spiro atoms. The first kappa shape index (κ1) is 17.2. The minimum Gasteiger partial charge on any atom is -0.336 e. The van der Waals surface area contributed by atoms with E-state index in [0.717, 1.165) is 35.2 Å². The first-order valence-corrected chi connectivity index (χ1v) is 10.0. The Morgan fingerprint density at radius 3 is 2.85 bits per heavy atom. The number of thiazole rings is 1. The van der Waals surface area contributed by atoms with Gasteiger partial charge in [-0.25, -0.2) is 4.98 Å². The maximum atomic E-state index is 13.1. The lowest BCUT2D eigenvalue weighted by molar-refractivity contribution is -0.140. The molecule has 2 atom stereocenters. The normalized spacial score (nSPS) is 22.6. The summed E-state index contributed by atoms with van der Waals surface area (Å²) in [6.07, 6.45) is 1.82. The standard InChI is InChI=1S/C20H23N3O2S/c1-13-3-6-18(14(2)7-13)20(25)22-8-15-4-5-17(10-22)23(19(15)24)9-16-11-26-12-21-16/h3,6-7,11-12,15,17H,4-5,8-10H2,1-2H3/t15-,17+/m1/s1. The van der Waals surface area contributed by atoms with E-state index in [1.54, 1.807) is 16.8 Å². The Morgan fingerprint density at radius 1 is 1.27 bits per heavy atom. The van der Waals surface area contributed by atoms with Gasteiger partial charge >= 0.3 is 0 Å². The molecule has 2 bridgehead atoms. The Morgan fingerprint density at radius 2 is 2.12 bits per heavy atom. The average molecular weight is 369 g/mol. The van der Waals surface area contributed by atoms with Crippen molar-refractivity contribution in [3.63, 3.8) is 0 Å². The molecule has 0 aliphatic carbocycles. The summed E-state index contributed by atoms with van der Waals surface area (Å²) in [6, 6.07) is 6.01. The van der Waals surface area contributed by atoms with E-state index < -0.39 is 0 Å². The third-order valence-electron chi connectivity index (χ3n) is 5.51. The number of rotatable bonds is 3. The van der Waals surface area contributed by atoms with Gasteiger partial charge in [0.15, 0.2) is 0 Å². The van der Waals surface area contributed by atoms with Gasteiger partial charge in [-0.05, 0) is 38.3 Å². The summed E-state index contributed by atoms with van der Waals surface area (Å²) in [7, 11) is 0. The highest BCUT2D eigenvalue weighted by atomic mass is 32.1. The van der Waals surface area contributed by atoms with E-state index in [1.807, 2.05) is 47.2 Å². The predicted octanol–water partition coefficient (Wildman–Crippen LogP) is 3.02. The number of nitrogens with zero attached hydrogens (tertiary/aromatic N) is 3. The van der Waals surface area contributed by atoms with E-state index in [9.17, 15) is 9.59 Å². The highest BCUT2D eigenvalue weighted by molar-refractivity contribution is 7.07. The molecular weight excluding hydrogens is 346 g/mol. The summed E-state index contributed by atoms with van der Waals surface area (Å²) in [5.41, 5.74) is 5.63. The van der Waals surface area contributed by atoms with Crippen LogP contribution in [0.5, 0.6) is 0 Å². The van der Waals surface area contributed by atoms with Gasteiger partial charge in [-0.2, -0.15) is 0 Å². The van der Waals surface area contributed by atoms with Crippen molar-refractivity contribution in [2.45, 2.75) is 39.3 Å². The molecule has 3 aliphatic rings. The lowest BCUT2D eigenvalue weighted by Gasteiger charge is -2.35. The SMILES string of the molecule is Cc1ccc(C(=O)N2C[C@H]3CC[C@@H](C2)N(Cc2cscn2)C3=O)c(C)c1. The van der Waals surface area contributed by atoms with Gasteiger partial charge in [0.25, 0.3) is 5.91 Å². The third kappa shape index (κ3) is 3.14. The van der Waals surface area contributed by atoms with Crippen LogP contribution in [0.4, 0.5) is 0 Å². The van der Waals surface area contributed by atoms with Crippen LogP contribution in [0.25, 0.3) is 0 Å². The number of aromatic nitrogens is 1. The molecule has 0 N–H and O–H groups in total. The van der Waals surface area contributed by atoms with Crippen LogP contribution in [0, 0.1) is 19.8 Å². The van der Waals surface area contributed by atoms with Crippen molar-refractivity contribution in [2.24, 2.45) is 5.92 Å². The topological polar surface area (TPSA) is 53.5 Å². The molecule has 5 nitrogen and oxygen atoms in total. The van der Waals surface area contributed by atoms with Crippen LogP contribution in [-0.4, -0.2) is 45.7 Å². The zero-order valence-corrected chi connectivity index (χ0v) is 16.0. The van der Waals surface area contributed by atoms with Crippen molar-refractivity contribution in [1.29, 1.82) is 0 Å². The fraction of sp³-hybridized carbons (Fsp3) is 0.450. The Kier molecular flexibility index (Phi) is 4.53. The molecule has 3 saturated heterocycles. The van der Waals surface area contributed by atoms with Crippen molar-refractivity contribution in [3.8, 4) is 0 Å². The molecule has 6 heteroatoms. The molecule has 2 aromatic rings. The van der Waals surface area contributed by atoms with Crippen molar-refractivity contribution in [1.82, 2.24) is 14.8 Å². The highest BCUT2D eigenvalue weighted by Gasteiger charge is 2.42. The lowest BCUT2D eigenvalue weighted by atomic mass is 9.94. The Bertz CT molecular complexity index is 834. The van der Waals surface area contributed by atoms with E-state index in [0.29, 0.717) is 19.6 Å². The van der Waals surface area contributed by atoms with E-state index in [4.69, 9.17) is 0 Å². The number of carbonyl (C=O) groups is 2. The fourth-order valence-electron chi connectivity index (χ4n) is 4.13. The Balaban J connectivity index is 1.57. The monoisotopic (exact) mass is 369 g/mol. The molecule has 4 heterocycles. The number of aryl methyl sites for hydroxylation is 2. The van der Waals surface area contributed by atoms with Crippen molar-refractivity contribution in [2.75, 3.05) is 13.1 Å². The molecule has 136 valence electrons. The first-order chi connectivity index (χ1) is 12.5. The number of benzene rings is 1. The molecule has 0 radical (unpaired) electrons. The zero-order chi connectivity index (χ0) is 18.3. The van der Waals surface area contributed by atoms with E-state index in [2.05, 4.69) is 4.98 Å². The summed E-state index contributed by atoms with van der Waals surface area (Å²) < 4.78 is 0. The van der Waals surface area contributed by atoms with Gasteiger partial charge < -0.3 is 9.80 Å². The highest BCUT2D eigenvalue weighted by Crippen LogP contribution is 2.31. The van der Waals surface area contributed by atoms with Gasteiger partial charge in [-0.1, -0.05) is 17.7 Å². The second-order valence-corrected chi connectivity index (χ2v) is 8.12. The van der Waals surface area contributed by atoms with Crippen LogP contribution in [0.3, 0.4) is 0 Å². The lowest BCUT2D eigenvalue weighted by Crippen LogP contribution is -2.47. The van der Waals surface area contributed by atoms with Crippen molar-refractivity contribution >= 4 is 23.2 Å². The summed E-state index contributed by atoms with van der Waals surface area (Å²) in [5, 5.41) is 1.99. The first-order valence-electron chi connectivity index (χ1n) is 9.07. The Labute approximate surface area is 157 Å². The second kappa shape index (κ2) is 6.83. The quantitative estimate of drug-likeness (QED) is 0.836. The van der Waals surface area contributed by atoms with Crippen LogP contribution in [0.1, 0.15) is 40.0 Å². The molecule has 3 fully saturated rings. The number of amides is 2. The Hall–Kier alpha value is -2.21. The molecule has 26 heavy (non-hydrogen) atoms. The summed E-state index contributed by atoms with van der Waals surface area (Å²) in [6.45, 7) is 5.69. The van der Waals surface area contributed by atoms with Gasteiger partial charge in [0.2, 0.25) is 5.91 Å². The van der Waals surface area contributed by atoms with Crippen LogP contribution in [-0.2, 0) is 11.3 Å². The molecule has 0 unspecified atom stereocenters. The second-order valence-electron chi connectivity index (χ2n) is 7.40. The largest absolute Gasteiger partial charge is 0.336 e. The number of hydrogen-bond donors (Lipinski definition) is 0. The van der Waals surface area contributed by atoms with Crippen LogP contribution in [0.2, 0.25) is 0 Å². The van der Waals surface area contributed by atoms with Gasteiger partial charge in [0.1, 0.15) is 0 Å². The molecule has 1 aromatic carbocycles. The summed E-state index contributed by atoms with van der Waals surface area (Å²) >= 11 is 1.55. The molecule has 5 rings (SSSR count). The summed E-state index contributed by atoms with van der Waals surface area (Å²) in [4.78, 5) is 34.2. The number of hydrogen-bond acceptors (Lipinski definition) is 4. The van der Waals surface area contributed by atoms with E-state index >= 15 is 0 Å². The smallest absolute Gasteiger partial charge is 0.254 e. The molecule has 1 aromatic heterocycles. The van der Waals surface area contributed by atoms with Crippen molar-refractivity contribution < 1.29 is 9.59 Å². The predicted molar refractivity (Wildman–Crippen MR) is 101 cm³/mol. The third-order valence-corrected chi connectivity index (χ3v) is 6.14. The summed E-state index contributed by atoms with van der Waals surface area (Å²) in [5.74, 6) is 0.120. The average Bonchev–Trinajstić information content (AvgIpc) is 2.97. The maximum absolute atomic E-state index is 13.1. The van der Waals surface area contributed by atoms with Gasteiger partial charge in [0, 0.05) is 30.1 Å². The molecular formula is C20H23N3O2S. The van der Waals surface area contributed by atoms with E-state index in [-0.39, 0.29) is 23.8 Å². The van der Waals surface area contributed by atoms with Crippen LogP contribution >= 0.6 is 11.3 Å². The van der Waals surface area contributed by atoms with Crippen LogP contribution < -0.4 is 0 Å².